The van der Waals surface area contributed by atoms with Gasteiger partial charge in [0.15, 0.2) is 0 Å². The maximum absolute atomic E-state index is 13.8. The third kappa shape index (κ3) is 9.76. The third-order valence-corrected chi connectivity index (χ3v) is 5.43. The molecule has 2 aromatic carbocycles. The number of nitrogens with one attached hydrogen (secondary N) is 1. The van der Waals surface area contributed by atoms with E-state index in [0.29, 0.717) is 23.9 Å². The fraction of sp³-hybridized carbons (Fsp3) is 0.344. The van der Waals surface area contributed by atoms with Crippen LogP contribution in [0.4, 0.5) is 4.39 Å². The number of aliphatic imine (C=N–C) groups is 1. The number of rotatable bonds is 11. The second kappa shape index (κ2) is 17.0. The second-order valence-electron chi connectivity index (χ2n) is 8.16. The molecule has 0 aliphatic heterocycles. The first-order valence-electron chi connectivity index (χ1n) is 12.9. The molecule has 0 unspecified atom stereocenters. The molecule has 1 N–H and O–H groups in total. The highest BCUT2D eigenvalue weighted by molar-refractivity contribution is 6.02. The summed E-state index contributed by atoms with van der Waals surface area (Å²) in [5.41, 5.74) is 5.52. The molecule has 0 saturated carbocycles. The van der Waals surface area contributed by atoms with Crippen molar-refractivity contribution < 1.29 is 13.9 Å². The third-order valence-electron chi connectivity index (χ3n) is 5.43. The minimum absolute atomic E-state index is 0.353. The summed E-state index contributed by atoms with van der Waals surface area (Å²) in [6, 6.07) is 8.46. The van der Waals surface area contributed by atoms with E-state index in [2.05, 4.69) is 44.8 Å². The van der Waals surface area contributed by atoms with Gasteiger partial charge in [0.25, 0.3) is 0 Å². The predicted octanol–water partition coefficient (Wildman–Crippen LogP) is 8.57. The van der Waals surface area contributed by atoms with Gasteiger partial charge in [0, 0.05) is 22.8 Å². The largest absolute Gasteiger partial charge is 0.496 e. The van der Waals surface area contributed by atoms with E-state index in [1.165, 1.54) is 24.8 Å². The van der Waals surface area contributed by atoms with Crippen molar-refractivity contribution in [3.8, 4) is 22.6 Å². The Morgan fingerprint density at radius 2 is 1.73 bits per heavy atom. The van der Waals surface area contributed by atoms with Gasteiger partial charge in [0.2, 0.25) is 0 Å². The molecule has 0 saturated heterocycles. The Bertz CT molecular complexity index is 1140. The summed E-state index contributed by atoms with van der Waals surface area (Å²) in [6.07, 6.45) is 12.0. The fourth-order valence-electron chi connectivity index (χ4n) is 3.54. The summed E-state index contributed by atoms with van der Waals surface area (Å²) in [5.74, 6) is 1.50. The molecule has 0 heterocycles. The zero-order chi connectivity index (χ0) is 27.8. The van der Waals surface area contributed by atoms with Gasteiger partial charge in [-0.2, -0.15) is 0 Å². The molecule has 0 aromatic heterocycles. The normalized spacial score (nSPS) is 11.9. The highest BCUT2D eigenvalue weighted by Gasteiger charge is 2.16. The van der Waals surface area contributed by atoms with Crippen molar-refractivity contribution in [3.63, 3.8) is 0 Å². The molecule has 0 radical (unpaired) electrons. The van der Waals surface area contributed by atoms with Gasteiger partial charge in [-0.3, -0.25) is 4.99 Å². The minimum atomic E-state index is -0.353. The molecule has 0 bridgehead atoms. The number of benzene rings is 2. The van der Waals surface area contributed by atoms with E-state index in [-0.39, 0.29) is 5.82 Å². The lowest BCUT2D eigenvalue weighted by molar-refractivity contribution is 0.410. The molecule has 0 aliphatic carbocycles. The number of nitrogens with zero attached hydrogens (tertiary/aromatic N) is 1. The maximum atomic E-state index is 13.8. The van der Waals surface area contributed by atoms with Gasteiger partial charge in [-0.05, 0) is 68.3 Å². The topological polar surface area (TPSA) is 42.9 Å². The summed E-state index contributed by atoms with van der Waals surface area (Å²) in [7, 11) is 3.17. The van der Waals surface area contributed by atoms with Crippen LogP contribution >= 0.6 is 0 Å². The lowest BCUT2D eigenvalue weighted by atomic mass is 9.97. The second-order valence-corrected chi connectivity index (χ2v) is 8.16. The van der Waals surface area contributed by atoms with Crippen molar-refractivity contribution in [2.45, 2.75) is 54.4 Å². The quantitative estimate of drug-likeness (QED) is 0.189. The average Bonchev–Trinajstić information content (AvgIpc) is 2.91. The summed E-state index contributed by atoms with van der Waals surface area (Å²) < 4.78 is 24.9. The molecule has 0 amide bonds. The number of methoxy groups -OCH3 is 2. The molecule has 200 valence electrons. The van der Waals surface area contributed by atoms with Crippen molar-refractivity contribution in [1.29, 1.82) is 0 Å². The summed E-state index contributed by atoms with van der Waals surface area (Å²) in [5, 5.41) is 3.33. The summed E-state index contributed by atoms with van der Waals surface area (Å²) in [6.45, 7) is 16.8. The van der Waals surface area contributed by atoms with E-state index in [0.717, 1.165) is 40.7 Å². The SMILES string of the molecule is C=C(/C=C\C(C)=C\CC)CN=C(N/C=C/CC)c1cc(-c2ccc(F)cc2OC)cc(OC)c1C.CC. The van der Waals surface area contributed by atoms with E-state index < -0.39 is 0 Å². The van der Waals surface area contributed by atoms with Gasteiger partial charge < -0.3 is 14.8 Å². The van der Waals surface area contributed by atoms with Crippen LogP contribution in [0.5, 0.6) is 11.5 Å². The molecular formula is C32H43FN2O2. The zero-order valence-electron chi connectivity index (χ0n) is 23.7. The number of amidine groups is 1. The van der Waals surface area contributed by atoms with Gasteiger partial charge in [-0.15, -0.1) is 0 Å². The highest BCUT2D eigenvalue weighted by Crippen LogP contribution is 2.35. The average molecular weight is 507 g/mol. The molecule has 0 aliphatic rings. The van der Waals surface area contributed by atoms with Gasteiger partial charge >= 0.3 is 0 Å². The van der Waals surface area contributed by atoms with Crippen LogP contribution in [-0.4, -0.2) is 26.6 Å². The highest BCUT2D eigenvalue weighted by atomic mass is 19.1. The van der Waals surface area contributed by atoms with E-state index in [4.69, 9.17) is 14.5 Å². The number of allylic oxidation sites excluding steroid dienone is 4. The van der Waals surface area contributed by atoms with E-state index in [1.807, 2.05) is 51.3 Å². The Kier molecular flexibility index (Phi) is 14.4. The van der Waals surface area contributed by atoms with Crippen LogP contribution in [0, 0.1) is 12.7 Å². The van der Waals surface area contributed by atoms with Crippen LogP contribution in [0.2, 0.25) is 0 Å². The monoisotopic (exact) mass is 506 g/mol. The Morgan fingerprint density at radius 1 is 1.03 bits per heavy atom. The molecule has 4 nitrogen and oxygen atoms in total. The smallest absolute Gasteiger partial charge is 0.133 e. The van der Waals surface area contributed by atoms with Gasteiger partial charge in [0.1, 0.15) is 23.2 Å². The zero-order valence-corrected chi connectivity index (χ0v) is 23.7. The van der Waals surface area contributed by atoms with Gasteiger partial charge in [0.05, 0.1) is 20.8 Å². The van der Waals surface area contributed by atoms with Gasteiger partial charge in [-0.25, -0.2) is 4.39 Å². The molecule has 2 rings (SSSR count). The number of hydrogen-bond acceptors (Lipinski definition) is 3. The van der Waals surface area contributed by atoms with Crippen LogP contribution < -0.4 is 14.8 Å². The minimum Gasteiger partial charge on any atom is -0.496 e. The fourth-order valence-corrected chi connectivity index (χ4v) is 3.54. The number of hydrogen-bond donors (Lipinski definition) is 1. The summed E-state index contributed by atoms with van der Waals surface area (Å²) in [4.78, 5) is 4.85. The molecule has 5 heteroatoms. The molecule has 0 fully saturated rings. The van der Waals surface area contributed by atoms with E-state index in [1.54, 1.807) is 13.2 Å². The van der Waals surface area contributed by atoms with Crippen LogP contribution in [-0.2, 0) is 0 Å². The first-order valence-corrected chi connectivity index (χ1v) is 12.9. The predicted molar refractivity (Wildman–Crippen MR) is 157 cm³/mol. The lowest BCUT2D eigenvalue weighted by Gasteiger charge is -2.17. The van der Waals surface area contributed by atoms with Crippen molar-refractivity contribution in [2.75, 3.05) is 20.8 Å². The number of halogens is 1. The summed E-state index contributed by atoms with van der Waals surface area (Å²) >= 11 is 0. The van der Waals surface area contributed by atoms with E-state index >= 15 is 0 Å². The standard InChI is InChI=1S/C30H37FN2O2.C2H6/c1-8-10-16-32-30(33-20-22(4)13-12-21(3)11-9-2)27-17-24(18-28(34-6)23(27)5)26-15-14-25(31)19-29(26)35-7;1-2/h10-19H,4,8-9,20H2,1-3,5-7H3,(H,32,33);1-2H3/b13-12-,16-10+,21-11+;. The van der Waals surface area contributed by atoms with Gasteiger partial charge in [-0.1, -0.05) is 64.2 Å². The molecule has 0 spiro atoms. The molecule has 2 aromatic rings. The van der Waals surface area contributed by atoms with Crippen LogP contribution in [0.3, 0.4) is 0 Å². The first kappa shape index (κ1) is 31.4. The lowest BCUT2D eigenvalue weighted by Crippen LogP contribution is -2.21. The van der Waals surface area contributed by atoms with E-state index in [9.17, 15) is 4.39 Å². The van der Waals surface area contributed by atoms with Crippen molar-refractivity contribution in [3.05, 3.63) is 95.5 Å². The van der Waals surface area contributed by atoms with Crippen molar-refractivity contribution in [1.82, 2.24) is 5.32 Å². The molecule has 37 heavy (non-hydrogen) atoms. The molecule has 0 atom stereocenters. The number of ether oxygens (including phenoxy) is 2. The van der Waals surface area contributed by atoms with Crippen LogP contribution in [0.1, 0.15) is 58.6 Å². The first-order chi connectivity index (χ1) is 17.8. The Morgan fingerprint density at radius 3 is 2.35 bits per heavy atom. The van der Waals surface area contributed by atoms with Crippen LogP contribution in [0.15, 0.2) is 83.6 Å². The maximum Gasteiger partial charge on any atom is 0.133 e. The Hall–Kier alpha value is -3.60. The Balaban J connectivity index is 0.00000334. The molecular weight excluding hydrogens is 463 g/mol. The van der Waals surface area contributed by atoms with Crippen molar-refractivity contribution >= 4 is 5.84 Å². The van der Waals surface area contributed by atoms with Crippen LogP contribution in [0.25, 0.3) is 11.1 Å². The van der Waals surface area contributed by atoms with Crippen molar-refractivity contribution in [2.24, 2.45) is 4.99 Å². The Labute approximate surface area is 223 Å².